The maximum atomic E-state index is 12.9. The standard InChI is InChI=1S/C32H40ClN3O4.C3H4/c1-4-25(3)35-31(26(5-2)14-12-21-33)28(17-10-11-19-30(38)39)34-22-13-18-29(37)36-23-20-32(40,24-36)27-15-8-6-7-9-16-27;1-3-2/h4-8,12-16,18,40H,1,3,9-11,17,19-24H2,2H3,(H,38,39);1H,2H3/b14-12-,18-13+,26-5+,34-28?,35-31?;. The van der Waals surface area contributed by atoms with E-state index in [1.165, 1.54) is 6.08 Å². The number of hydrogen-bond donors (Lipinski definition) is 2. The number of carbonyl (C=O) groups is 2. The van der Waals surface area contributed by atoms with Gasteiger partial charge in [0.15, 0.2) is 0 Å². The molecule has 0 aromatic rings. The van der Waals surface area contributed by atoms with E-state index in [1.807, 2.05) is 49.5 Å². The van der Waals surface area contributed by atoms with Gasteiger partial charge in [-0.25, -0.2) is 4.99 Å². The zero-order valence-electron chi connectivity index (χ0n) is 25.3. The number of allylic oxidation sites excluding steroid dienone is 9. The number of β-amino-alcohol motifs (C(OH)–C–C–N with tert-alkyl or cyclic N) is 1. The van der Waals surface area contributed by atoms with E-state index in [9.17, 15) is 14.7 Å². The molecule has 1 amide bonds. The number of aliphatic carboxylic acids is 1. The van der Waals surface area contributed by atoms with E-state index < -0.39 is 11.6 Å². The number of nitrogens with zero attached hydrogens (tertiary/aromatic N) is 3. The van der Waals surface area contributed by atoms with E-state index in [0.717, 1.165) is 17.6 Å². The summed E-state index contributed by atoms with van der Waals surface area (Å²) in [4.78, 5) is 34.9. The Morgan fingerprint density at radius 2 is 1.95 bits per heavy atom. The molecule has 7 nitrogen and oxygen atoms in total. The Labute approximate surface area is 261 Å². The molecule has 1 fully saturated rings. The highest BCUT2D eigenvalue weighted by atomic mass is 35.5. The summed E-state index contributed by atoms with van der Waals surface area (Å²) in [6, 6.07) is 0. The lowest BCUT2D eigenvalue weighted by molar-refractivity contribution is -0.137. The molecule has 2 rings (SSSR count). The van der Waals surface area contributed by atoms with Gasteiger partial charge < -0.3 is 15.1 Å². The van der Waals surface area contributed by atoms with Gasteiger partial charge in [-0.15, -0.1) is 23.9 Å². The first kappa shape index (κ1) is 37.0. The number of unbranched alkanes of at least 4 members (excludes halogenated alkanes) is 1. The minimum atomic E-state index is -1.05. The maximum Gasteiger partial charge on any atom is 0.303 e. The third-order valence-corrected chi connectivity index (χ3v) is 6.71. The van der Waals surface area contributed by atoms with E-state index >= 15 is 0 Å². The predicted molar refractivity (Wildman–Crippen MR) is 180 cm³/mol. The summed E-state index contributed by atoms with van der Waals surface area (Å²) < 4.78 is 0. The topological polar surface area (TPSA) is 103 Å². The first-order chi connectivity index (χ1) is 20.6. The van der Waals surface area contributed by atoms with Crippen molar-refractivity contribution in [3.8, 4) is 12.3 Å². The highest BCUT2D eigenvalue weighted by molar-refractivity contribution is 6.49. The summed E-state index contributed by atoms with van der Waals surface area (Å²) in [6.07, 6.45) is 27.6. The van der Waals surface area contributed by atoms with Crippen molar-refractivity contribution in [3.05, 3.63) is 96.8 Å². The van der Waals surface area contributed by atoms with Crippen molar-refractivity contribution in [3.63, 3.8) is 0 Å². The average Bonchev–Trinajstić information content (AvgIpc) is 3.19. The highest BCUT2D eigenvalue weighted by Gasteiger charge is 2.39. The van der Waals surface area contributed by atoms with Gasteiger partial charge in [0.25, 0.3) is 0 Å². The Kier molecular flexibility index (Phi) is 17.9. The number of halogens is 1. The zero-order chi connectivity index (χ0) is 32.1. The van der Waals surface area contributed by atoms with E-state index in [4.69, 9.17) is 21.7 Å². The molecule has 0 aromatic carbocycles. The number of carboxylic acids is 1. The van der Waals surface area contributed by atoms with Crippen LogP contribution in [0.5, 0.6) is 0 Å². The second kappa shape index (κ2) is 20.8. The van der Waals surface area contributed by atoms with Gasteiger partial charge in [0, 0.05) is 24.9 Å². The summed E-state index contributed by atoms with van der Waals surface area (Å²) >= 11 is 5.86. The molecule has 1 unspecified atom stereocenters. The molecule has 8 heteroatoms. The van der Waals surface area contributed by atoms with Crippen LogP contribution in [0.4, 0.5) is 0 Å². The van der Waals surface area contributed by atoms with Crippen LogP contribution in [0, 0.1) is 12.3 Å². The largest absolute Gasteiger partial charge is 0.481 e. The molecule has 0 bridgehead atoms. The molecule has 0 spiro atoms. The fourth-order valence-electron chi connectivity index (χ4n) is 4.37. The Bertz CT molecular complexity index is 1270. The van der Waals surface area contributed by atoms with Crippen molar-refractivity contribution in [2.45, 2.75) is 58.0 Å². The van der Waals surface area contributed by atoms with Crippen molar-refractivity contribution >= 4 is 34.9 Å². The first-order valence-corrected chi connectivity index (χ1v) is 14.8. The maximum absolute atomic E-state index is 12.9. The summed E-state index contributed by atoms with van der Waals surface area (Å²) in [7, 11) is 0. The van der Waals surface area contributed by atoms with Gasteiger partial charge >= 0.3 is 5.97 Å². The van der Waals surface area contributed by atoms with Gasteiger partial charge in [0.05, 0.1) is 30.2 Å². The molecule has 1 aliphatic heterocycles. The Hall–Kier alpha value is -3.99. The van der Waals surface area contributed by atoms with Crippen LogP contribution in [0.3, 0.4) is 0 Å². The van der Waals surface area contributed by atoms with E-state index in [2.05, 4.69) is 30.5 Å². The summed E-state index contributed by atoms with van der Waals surface area (Å²) in [5, 5.41) is 20.2. The lowest BCUT2D eigenvalue weighted by atomic mass is 9.92. The minimum absolute atomic E-state index is 0.0710. The summed E-state index contributed by atoms with van der Waals surface area (Å²) in [6.45, 7) is 12.1. The van der Waals surface area contributed by atoms with Gasteiger partial charge in [0.2, 0.25) is 5.91 Å². The third-order valence-electron chi connectivity index (χ3n) is 6.53. The number of hydrogen-bond acceptors (Lipinski definition) is 5. The number of amides is 1. The zero-order valence-corrected chi connectivity index (χ0v) is 26.1. The number of terminal acetylenes is 1. The number of aliphatic imine (C=N–C) groups is 2. The van der Waals surface area contributed by atoms with Crippen LogP contribution in [0.2, 0.25) is 0 Å². The molecule has 0 radical (unpaired) electrons. The molecule has 1 heterocycles. The number of likely N-dealkylation sites (tertiary alicyclic amines) is 1. The summed E-state index contributed by atoms with van der Waals surface area (Å²) in [5.41, 5.74) is 2.33. The van der Waals surface area contributed by atoms with Crippen LogP contribution < -0.4 is 0 Å². The predicted octanol–water partition coefficient (Wildman–Crippen LogP) is 6.56. The number of alkyl halides is 1. The molecule has 0 saturated carbocycles. The lowest BCUT2D eigenvalue weighted by Gasteiger charge is -2.24. The van der Waals surface area contributed by atoms with Gasteiger partial charge in [-0.2, -0.15) is 0 Å². The monoisotopic (exact) mass is 605 g/mol. The van der Waals surface area contributed by atoms with Crippen LogP contribution in [-0.2, 0) is 9.59 Å². The number of aliphatic hydroxyl groups is 1. The fraction of sp³-hybridized carbons (Fsp3) is 0.371. The molecule has 2 N–H and O–H groups in total. The molecule has 0 aromatic heterocycles. The molecule has 1 aliphatic carbocycles. The molecule has 43 heavy (non-hydrogen) atoms. The Morgan fingerprint density at radius 3 is 2.60 bits per heavy atom. The second-order valence-corrected chi connectivity index (χ2v) is 10.1. The molecule has 230 valence electrons. The van der Waals surface area contributed by atoms with Crippen LogP contribution in [0.1, 0.15) is 52.4 Å². The minimum Gasteiger partial charge on any atom is -0.481 e. The van der Waals surface area contributed by atoms with E-state index in [1.54, 1.807) is 30.1 Å². The molecular weight excluding hydrogens is 562 g/mol. The SMILES string of the molecule is C#CC.C=CC(=C)N=C(C(CCCCC(=O)O)=NC/C=C/C(=O)N1CCC(O)(C2=CCC=CC=C2)C1)C(/C=C\CCl)=C/C. The van der Waals surface area contributed by atoms with Crippen LogP contribution in [-0.4, -0.2) is 69.5 Å². The van der Waals surface area contributed by atoms with Crippen molar-refractivity contribution in [2.75, 3.05) is 25.5 Å². The van der Waals surface area contributed by atoms with E-state index in [0.29, 0.717) is 55.2 Å². The van der Waals surface area contributed by atoms with Crippen molar-refractivity contribution in [1.82, 2.24) is 4.90 Å². The third kappa shape index (κ3) is 13.7. The van der Waals surface area contributed by atoms with Crippen LogP contribution in [0.25, 0.3) is 0 Å². The van der Waals surface area contributed by atoms with Gasteiger partial charge in [-0.3, -0.25) is 14.6 Å². The van der Waals surface area contributed by atoms with Crippen molar-refractivity contribution in [2.24, 2.45) is 9.98 Å². The van der Waals surface area contributed by atoms with Gasteiger partial charge in [-0.1, -0.05) is 67.8 Å². The fourth-order valence-corrected chi connectivity index (χ4v) is 4.46. The highest BCUT2D eigenvalue weighted by Crippen LogP contribution is 2.31. The first-order valence-electron chi connectivity index (χ1n) is 14.3. The van der Waals surface area contributed by atoms with Crippen molar-refractivity contribution in [1.29, 1.82) is 0 Å². The smallest absolute Gasteiger partial charge is 0.303 e. The second-order valence-electron chi connectivity index (χ2n) is 9.76. The van der Waals surface area contributed by atoms with Gasteiger partial charge in [-0.05, 0) is 63.2 Å². The van der Waals surface area contributed by atoms with E-state index in [-0.39, 0.29) is 25.4 Å². The summed E-state index contributed by atoms with van der Waals surface area (Å²) in [5.74, 6) is 1.56. The molecule has 2 aliphatic rings. The Balaban J connectivity index is 0.00000295. The lowest BCUT2D eigenvalue weighted by Crippen LogP contribution is -2.36. The van der Waals surface area contributed by atoms with Crippen molar-refractivity contribution < 1.29 is 19.8 Å². The molecule has 1 atom stereocenters. The van der Waals surface area contributed by atoms with Crippen LogP contribution in [0.15, 0.2) is 107 Å². The Morgan fingerprint density at radius 1 is 1.23 bits per heavy atom. The average molecular weight is 606 g/mol. The number of carboxylic acid groups (broad SMARTS) is 1. The quantitative estimate of drug-likeness (QED) is 0.0551. The van der Waals surface area contributed by atoms with Gasteiger partial charge in [0.1, 0.15) is 5.60 Å². The molecular formula is C35H44ClN3O4. The number of rotatable bonds is 15. The number of carbonyl (C=O) groups excluding carboxylic acids is 1. The molecule has 1 saturated heterocycles. The van der Waals surface area contributed by atoms with Crippen LogP contribution >= 0.6 is 11.6 Å². The normalized spacial score (nSPS) is 19.1.